The Morgan fingerprint density at radius 1 is 0.722 bits per heavy atom. The lowest BCUT2D eigenvalue weighted by Crippen LogP contribution is -2.39. The van der Waals surface area contributed by atoms with E-state index >= 15 is 0 Å². The molecule has 1 aliphatic rings. The zero-order valence-corrected chi connectivity index (χ0v) is 19.5. The summed E-state index contributed by atoms with van der Waals surface area (Å²) >= 11 is 0. The fourth-order valence-corrected chi connectivity index (χ4v) is 4.85. The summed E-state index contributed by atoms with van der Waals surface area (Å²) in [6.07, 6.45) is 5.46. The molecule has 3 aromatic carbocycles. The quantitative estimate of drug-likeness (QED) is 0.323. The van der Waals surface area contributed by atoms with Crippen molar-refractivity contribution >= 4 is 38.9 Å². The molecule has 0 atom stereocenters. The predicted octanol–water partition coefficient (Wildman–Crippen LogP) is 6.37. The third-order valence-electron chi connectivity index (χ3n) is 6.47. The smallest absolute Gasteiger partial charge is 0.137 e. The molecule has 7 heteroatoms. The second-order valence-corrected chi connectivity index (χ2v) is 8.68. The van der Waals surface area contributed by atoms with Gasteiger partial charge in [-0.05, 0) is 48.5 Å². The highest BCUT2D eigenvalue weighted by atomic mass is 16.5. The van der Waals surface area contributed by atoms with Gasteiger partial charge < -0.3 is 4.74 Å². The molecule has 0 radical (unpaired) electrons. The minimum atomic E-state index is 0.749. The number of fused-ring (bicyclic) bond motifs is 4. The molecule has 7 nitrogen and oxygen atoms in total. The van der Waals surface area contributed by atoms with Gasteiger partial charge in [0.1, 0.15) is 17.3 Å². The van der Waals surface area contributed by atoms with Crippen molar-refractivity contribution in [2.75, 3.05) is 17.1 Å². The van der Waals surface area contributed by atoms with Crippen LogP contribution in [0.3, 0.4) is 0 Å². The van der Waals surface area contributed by atoms with Gasteiger partial charge >= 0.3 is 0 Å². The summed E-state index contributed by atoms with van der Waals surface area (Å²) in [5.74, 6) is 2.38. The second-order valence-electron chi connectivity index (χ2n) is 8.68. The van der Waals surface area contributed by atoms with Crippen molar-refractivity contribution in [2.24, 2.45) is 0 Å². The van der Waals surface area contributed by atoms with Crippen molar-refractivity contribution in [1.82, 2.24) is 20.1 Å². The Hall–Kier alpha value is -4.88. The number of anilines is 3. The Balaban J connectivity index is 1.29. The summed E-state index contributed by atoms with van der Waals surface area (Å²) in [7, 11) is 1.97. The van der Waals surface area contributed by atoms with Crippen LogP contribution < -0.4 is 20.3 Å². The van der Waals surface area contributed by atoms with Gasteiger partial charge in [-0.1, -0.05) is 30.3 Å². The maximum atomic E-state index is 6.37. The lowest BCUT2D eigenvalue weighted by atomic mass is 10.1. The summed E-state index contributed by atoms with van der Waals surface area (Å²) in [6.45, 7) is 0. The first kappa shape index (κ1) is 20.5. The molecule has 0 saturated carbocycles. The Labute approximate surface area is 207 Å². The number of aromatic nitrogens is 3. The lowest BCUT2D eigenvalue weighted by Gasteiger charge is -2.20. The monoisotopic (exact) mass is 470 g/mol. The van der Waals surface area contributed by atoms with Crippen LogP contribution in [0, 0.1) is 0 Å². The normalized spacial score (nSPS) is 12.9. The molecule has 0 spiro atoms. The number of nitrogens with zero attached hydrogens (tertiary/aromatic N) is 5. The molecule has 0 saturated heterocycles. The number of benzene rings is 3. The number of pyridine rings is 2. The minimum absolute atomic E-state index is 0.749. The topological polar surface area (TPSA) is 58.5 Å². The first-order valence-corrected chi connectivity index (χ1v) is 11.7. The van der Waals surface area contributed by atoms with Crippen molar-refractivity contribution in [3.63, 3.8) is 0 Å². The van der Waals surface area contributed by atoms with E-state index in [-0.39, 0.29) is 0 Å². The van der Waals surface area contributed by atoms with Gasteiger partial charge in [-0.2, -0.15) is 0 Å². The number of hydrazine groups is 2. The molecular formula is C29H22N6O. The molecule has 0 bridgehead atoms. The number of ether oxygens (including phenoxy) is 1. The first-order valence-electron chi connectivity index (χ1n) is 11.7. The van der Waals surface area contributed by atoms with E-state index in [0.717, 1.165) is 50.8 Å². The molecule has 36 heavy (non-hydrogen) atoms. The molecule has 6 aromatic rings. The van der Waals surface area contributed by atoms with Crippen molar-refractivity contribution in [2.45, 2.75) is 0 Å². The third-order valence-corrected chi connectivity index (χ3v) is 6.47. The van der Waals surface area contributed by atoms with Crippen LogP contribution in [0.4, 0.5) is 17.1 Å². The standard InChI is InChI=1S/C29H22N6O/c1-33-28-19-30-16-14-26(28)35(32-33)20-7-6-8-21(17-20)36-22-12-13-24-23-9-2-3-10-25(23)34(27(24)18-22)29-11-4-5-15-31-29/h2-19,32H,1H3. The van der Waals surface area contributed by atoms with Crippen LogP contribution in [-0.4, -0.2) is 21.6 Å². The summed E-state index contributed by atoms with van der Waals surface area (Å²) in [5, 5.41) is 6.31. The first-order chi connectivity index (χ1) is 17.8. The molecule has 1 aliphatic heterocycles. The number of para-hydroxylation sites is 1. The van der Waals surface area contributed by atoms with Crippen LogP contribution in [0.15, 0.2) is 110 Å². The van der Waals surface area contributed by atoms with E-state index in [1.54, 1.807) is 6.20 Å². The van der Waals surface area contributed by atoms with Crippen LogP contribution in [0.25, 0.3) is 27.6 Å². The average Bonchev–Trinajstić information content (AvgIpc) is 3.44. The van der Waals surface area contributed by atoms with Gasteiger partial charge in [0.05, 0.1) is 34.3 Å². The van der Waals surface area contributed by atoms with E-state index in [0.29, 0.717) is 0 Å². The Morgan fingerprint density at radius 3 is 2.50 bits per heavy atom. The highest BCUT2D eigenvalue weighted by molar-refractivity contribution is 6.09. The number of hydrogen-bond donors (Lipinski definition) is 1. The van der Waals surface area contributed by atoms with Crippen molar-refractivity contribution in [3.8, 4) is 17.3 Å². The van der Waals surface area contributed by atoms with E-state index in [1.807, 2.05) is 84.1 Å². The SMILES string of the molecule is CN1NN(c2cccc(Oc3ccc4c5ccccc5n(-c5ccccn5)c4c3)c2)c2ccncc21. The summed E-state index contributed by atoms with van der Waals surface area (Å²) in [6, 6.07) is 30.6. The molecule has 1 N–H and O–H groups in total. The number of hydrogen-bond acceptors (Lipinski definition) is 6. The van der Waals surface area contributed by atoms with Gasteiger partial charge in [-0.25, -0.2) is 4.98 Å². The maximum absolute atomic E-state index is 6.37. The zero-order chi connectivity index (χ0) is 24.1. The predicted molar refractivity (Wildman–Crippen MR) is 143 cm³/mol. The average molecular weight is 471 g/mol. The van der Waals surface area contributed by atoms with Crippen molar-refractivity contribution in [3.05, 3.63) is 110 Å². The maximum Gasteiger partial charge on any atom is 0.137 e. The molecule has 174 valence electrons. The Kier molecular flexibility index (Phi) is 4.62. The molecule has 4 heterocycles. The van der Waals surface area contributed by atoms with Gasteiger partial charge in [0, 0.05) is 42.3 Å². The molecule has 7 rings (SSSR count). The molecule has 0 aliphatic carbocycles. The van der Waals surface area contributed by atoms with Crippen LogP contribution in [0.2, 0.25) is 0 Å². The summed E-state index contributed by atoms with van der Waals surface area (Å²) < 4.78 is 8.56. The summed E-state index contributed by atoms with van der Waals surface area (Å²) in [4.78, 5) is 8.85. The molecular weight excluding hydrogens is 448 g/mol. The van der Waals surface area contributed by atoms with Crippen molar-refractivity contribution in [1.29, 1.82) is 0 Å². The van der Waals surface area contributed by atoms with Gasteiger partial charge in [0.25, 0.3) is 0 Å². The van der Waals surface area contributed by atoms with Gasteiger partial charge in [0.15, 0.2) is 0 Å². The minimum Gasteiger partial charge on any atom is -0.457 e. The highest BCUT2D eigenvalue weighted by Crippen LogP contribution is 2.39. The molecule has 0 unspecified atom stereocenters. The van der Waals surface area contributed by atoms with Crippen molar-refractivity contribution < 1.29 is 4.74 Å². The number of nitrogens with one attached hydrogen (secondary N) is 1. The second kappa shape index (κ2) is 8.11. The fourth-order valence-electron chi connectivity index (χ4n) is 4.85. The van der Waals surface area contributed by atoms with E-state index in [4.69, 9.17) is 4.74 Å². The Bertz CT molecular complexity index is 1730. The number of rotatable bonds is 4. The third kappa shape index (κ3) is 3.25. The zero-order valence-electron chi connectivity index (χ0n) is 19.5. The summed E-state index contributed by atoms with van der Waals surface area (Å²) in [5.41, 5.74) is 8.52. The Morgan fingerprint density at radius 2 is 1.58 bits per heavy atom. The molecule has 0 fully saturated rings. The van der Waals surface area contributed by atoms with E-state index < -0.39 is 0 Å². The fraction of sp³-hybridized carbons (Fsp3) is 0.0345. The lowest BCUT2D eigenvalue weighted by molar-refractivity contribution is 0.483. The van der Waals surface area contributed by atoms with Gasteiger partial charge in [0.2, 0.25) is 0 Å². The van der Waals surface area contributed by atoms with Gasteiger partial charge in [-0.15, -0.1) is 5.53 Å². The van der Waals surface area contributed by atoms with Crippen LogP contribution in [-0.2, 0) is 0 Å². The van der Waals surface area contributed by atoms with Crippen LogP contribution in [0.1, 0.15) is 0 Å². The molecule has 3 aromatic heterocycles. The van der Waals surface area contributed by atoms with Gasteiger partial charge in [-0.3, -0.25) is 19.6 Å². The highest BCUT2D eigenvalue weighted by Gasteiger charge is 2.24. The van der Waals surface area contributed by atoms with E-state index in [1.165, 1.54) is 5.39 Å². The van der Waals surface area contributed by atoms with Crippen LogP contribution in [0.5, 0.6) is 11.5 Å². The largest absolute Gasteiger partial charge is 0.457 e. The van der Waals surface area contributed by atoms with Crippen LogP contribution >= 0.6 is 0 Å². The molecule has 0 amide bonds. The van der Waals surface area contributed by atoms with E-state index in [9.17, 15) is 0 Å². The van der Waals surface area contributed by atoms with E-state index in [2.05, 4.69) is 56.5 Å².